The van der Waals surface area contributed by atoms with E-state index in [2.05, 4.69) is 13.8 Å². The van der Waals surface area contributed by atoms with Gasteiger partial charge < -0.3 is 15.2 Å². The van der Waals surface area contributed by atoms with Crippen LogP contribution in [0.4, 0.5) is 0 Å². The Morgan fingerprint density at radius 2 is 0.686 bits per heavy atom. The van der Waals surface area contributed by atoms with Crippen LogP contribution >= 0.6 is 17.0 Å². The van der Waals surface area contributed by atoms with Crippen molar-refractivity contribution in [1.29, 1.82) is 0 Å². The number of ether oxygens (including phenoxy) is 2. The van der Waals surface area contributed by atoms with Crippen LogP contribution in [0.2, 0.25) is 0 Å². The molecule has 0 aromatic rings. The first kappa shape index (κ1) is 37.5. The molecule has 214 valence electrons. The van der Waals surface area contributed by atoms with Crippen molar-refractivity contribution in [1.82, 2.24) is 0 Å². The fourth-order valence-electron chi connectivity index (χ4n) is 4.67. The van der Waals surface area contributed by atoms with E-state index in [9.17, 15) is 0 Å². The number of rotatable bonds is 30. The third-order valence-corrected chi connectivity index (χ3v) is 7.01. The van der Waals surface area contributed by atoms with Gasteiger partial charge in [-0.15, -0.1) is 17.0 Å². The summed E-state index contributed by atoms with van der Waals surface area (Å²) in [6.45, 7) is 6.86. The van der Waals surface area contributed by atoms with Gasteiger partial charge in [0.05, 0.1) is 0 Å². The molecule has 2 N–H and O–H groups in total. The van der Waals surface area contributed by atoms with E-state index in [0.29, 0.717) is 6.54 Å². The Kier molecular flexibility index (Phi) is 36.8. The van der Waals surface area contributed by atoms with E-state index in [0.717, 1.165) is 32.5 Å². The maximum Gasteiger partial charge on any atom is 0.158 e. The molecule has 3 nitrogen and oxygen atoms in total. The van der Waals surface area contributed by atoms with Crippen LogP contribution in [0, 0.1) is 0 Å². The molecule has 0 atom stereocenters. The zero-order valence-electron chi connectivity index (χ0n) is 24.2. The molecule has 0 aliphatic carbocycles. The highest BCUT2D eigenvalue weighted by Crippen LogP contribution is 2.14. The minimum atomic E-state index is -0.0922. The van der Waals surface area contributed by atoms with Crippen LogP contribution in [-0.2, 0) is 9.47 Å². The zero-order valence-corrected chi connectivity index (χ0v) is 25.9. The fourth-order valence-corrected chi connectivity index (χ4v) is 4.67. The summed E-state index contributed by atoms with van der Waals surface area (Å²) in [6.07, 6.45) is 33.8. The Balaban J connectivity index is 0. The number of hydrogen-bond acceptors (Lipinski definition) is 3. The van der Waals surface area contributed by atoms with Gasteiger partial charge in [0.2, 0.25) is 0 Å². The molecule has 0 aromatic carbocycles. The summed E-state index contributed by atoms with van der Waals surface area (Å²) in [6, 6.07) is 0. The predicted molar refractivity (Wildman–Crippen MR) is 162 cm³/mol. The SMILES string of the molecule is Br.CCCCCCCCCCCCCCOC(CCN)OCCCCCCCCCCCCCC. The van der Waals surface area contributed by atoms with Crippen molar-refractivity contribution in [3.05, 3.63) is 0 Å². The lowest BCUT2D eigenvalue weighted by atomic mass is 10.1. The van der Waals surface area contributed by atoms with Crippen LogP contribution in [0.1, 0.15) is 174 Å². The monoisotopic (exact) mass is 563 g/mol. The third kappa shape index (κ3) is 32.3. The summed E-state index contributed by atoms with van der Waals surface area (Å²) in [5.41, 5.74) is 5.76. The largest absolute Gasteiger partial charge is 0.353 e. The smallest absolute Gasteiger partial charge is 0.158 e. The van der Waals surface area contributed by atoms with Gasteiger partial charge in [0.15, 0.2) is 6.29 Å². The van der Waals surface area contributed by atoms with Gasteiger partial charge in [-0.3, -0.25) is 0 Å². The lowest BCUT2D eigenvalue weighted by molar-refractivity contribution is -0.145. The van der Waals surface area contributed by atoms with Crippen LogP contribution in [0.3, 0.4) is 0 Å². The highest BCUT2D eigenvalue weighted by atomic mass is 79.9. The Morgan fingerprint density at radius 1 is 0.429 bits per heavy atom. The van der Waals surface area contributed by atoms with E-state index >= 15 is 0 Å². The first-order valence-electron chi connectivity index (χ1n) is 15.8. The van der Waals surface area contributed by atoms with Crippen molar-refractivity contribution in [3.8, 4) is 0 Å². The summed E-state index contributed by atoms with van der Waals surface area (Å²) in [5, 5.41) is 0. The van der Waals surface area contributed by atoms with Gasteiger partial charge in [-0.25, -0.2) is 0 Å². The molecule has 35 heavy (non-hydrogen) atoms. The average Bonchev–Trinajstić information content (AvgIpc) is 2.84. The van der Waals surface area contributed by atoms with Gasteiger partial charge in [0, 0.05) is 19.6 Å². The second-order valence-corrected chi connectivity index (χ2v) is 10.5. The second kappa shape index (κ2) is 34.4. The second-order valence-electron chi connectivity index (χ2n) is 10.5. The Bertz CT molecular complexity index is 327. The highest BCUT2D eigenvalue weighted by molar-refractivity contribution is 8.93. The molecular formula is C31H66BrNO2. The number of halogens is 1. The molecule has 0 unspecified atom stereocenters. The molecule has 0 amide bonds. The molecule has 4 heteroatoms. The normalized spacial score (nSPS) is 11.3. The fraction of sp³-hybridized carbons (Fsp3) is 1.00. The predicted octanol–water partition coefficient (Wildman–Crippen LogP) is 10.7. The average molecular weight is 565 g/mol. The number of hydrogen-bond donors (Lipinski definition) is 1. The molecule has 0 aromatic heterocycles. The summed E-state index contributed by atoms with van der Waals surface area (Å²) < 4.78 is 12.0. The quantitative estimate of drug-likeness (QED) is 0.0697. The molecule has 0 bridgehead atoms. The van der Waals surface area contributed by atoms with Crippen molar-refractivity contribution in [2.24, 2.45) is 5.73 Å². The Hall–Kier alpha value is 0.360. The number of nitrogens with two attached hydrogens (primary N) is 1. The molecule has 0 radical (unpaired) electrons. The molecule has 0 saturated heterocycles. The lowest BCUT2D eigenvalue weighted by Gasteiger charge is -2.18. The topological polar surface area (TPSA) is 44.5 Å². The Labute approximate surface area is 232 Å². The van der Waals surface area contributed by atoms with Crippen molar-refractivity contribution >= 4 is 17.0 Å². The van der Waals surface area contributed by atoms with Gasteiger partial charge in [-0.05, 0) is 19.4 Å². The van der Waals surface area contributed by atoms with Crippen molar-refractivity contribution in [2.75, 3.05) is 19.8 Å². The third-order valence-electron chi connectivity index (χ3n) is 7.01. The van der Waals surface area contributed by atoms with E-state index in [1.54, 1.807) is 0 Å². The molecule has 0 heterocycles. The van der Waals surface area contributed by atoms with Crippen molar-refractivity contribution in [3.63, 3.8) is 0 Å². The first-order chi connectivity index (χ1) is 16.8. The Morgan fingerprint density at radius 3 is 0.943 bits per heavy atom. The van der Waals surface area contributed by atoms with Crippen LogP contribution in [0.15, 0.2) is 0 Å². The van der Waals surface area contributed by atoms with E-state index in [1.807, 2.05) is 0 Å². The minimum absolute atomic E-state index is 0. The molecule has 0 spiro atoms. The van der Waals surface area contributed by atoms with Gasteiger partial charge >= 0.3 is 0 Å². The van der Waals surface area contributed by atoms with Crippen LogP contribution < -0.4 is 5.73 Å². The van der Waals surface area contributed by atoms with Crippen LogP contribution in [0.5, 0.6) is 0 Å². The first-order valence-corrected chi connectivity index (χ1v) is 15.8. The van der Waals surface area contributed by atoms with Gasteiger partial charge in [0.1, 0.15) is 0 Å². The van der Waals surface area contributed by atoms with Crippen molar-refractivity contribution in [2.45, 2.75) is 181 Å². The zero-order chi connectivity index (χ0) is 24.8. The molecule has 0 aliphatic heterocycles. The number of unbranched alkanes of at least 4 members (excludes halogenated alkanes) is 22. The molecule has 0 saturated carbocycles. The van der Waals surface area contributed by atoms with E-state index in [-0.39, 0.29) is 23.3 Å². The van der Waals surface area contributed by atoms with Crippen LogP contribution in [-0.4, -0.2) is 26.0 Å². The molecule has 0 rings (SSSR count). The van der Waals surface area contributed by atoms with E-state index in [1.165, 1.54) is 141 Å². The summed E-state index contributed by atoms with van der Waals surface area (Å²) in [4.78, 5) is 0. The van der Waals surface area contributed by atoms with Crippen LogP contribution in [0.25, 0.3) is 0 Å². The van der Waals surface area contributed by atoms with E-state index in [4.69, 9.17) is 15.2 Å². The van der Waals surface area contributed by atoms with E-state index < -0.39 is 0 Å². The summed E-state index contributed by atoms with van der Waals surface area (Å²) in [5.74, 6) is 0. The molecule has 0 aliphatic rings. The summed E-state index contributed by atoms with van der Waals surface area (Å²) >= 11 is 0. The summed E-state index contributed by atoms with van der Waals surface area (Å²) in [7, 11) is 0. The highest BCUT2D eigenvalue weighted by Gasteiger charge is 2.08. The van der Waals surface area contributed by atoms with Crippen molar-refractivity contribution < 1.29 is 9.47 Å². The van der Waals surface area contributed by atoms with Gasteiger partial charge in [-0.1, -0.05) is 155 Å². The molecular weight excluding hydrogens is 498 g/mol. The van der Waals surface area contributed by atoms with Gasteiger partial charge in [-0.2, -0.15) is 0 Å². The van der Waals surface area contributed by atoms with Gasteiger partial charge in [0.25, 0.3) is 0 Å². The maximum absolute atomic E-state index is 5.98. The lowest BCUT2D eigenvalue weighted by Crippen LogP contribution is -2.22. The molecule has 0 fully saturated rings. The standard InChI is InChI=1S/C31H65NO2.BrH/c1-3-5-7-9-11-13-15-17-19-21-23-25-29-33-31(27-28-32)34-30-26-24-22-20-18-16-14-12-10-8-6-4-2;/h31H,3-30,32H2,1-2H3;1H. The minimum Gasteiger partial charge on any atom is -0.353 e. The maximum atomic E-state index is 5.98.